The van der Waals surface area contributed by atoms with Gasteiger partial charge in [0.05, 0.1) is 6.42 Å². The van der Waals surface area contributed by atoms with Crippen LogP contribution >= 0.6 is 0 Å². The van der Waals surface area contributed by atoms with Crippen molar-refractivity contribution in [3.63, 3.8) is 0 Å². The molecule has 0 spiro atoms. The van der Waals surface area contributed by atoms with Crippen LogP contribution in [-0.4, -0.2) is 16.4 Å². The average molecular weight is 244 g/mol. The van der Waals surface area contributed by atoms with Crippen molar-refractivity contribution in [3.8, 4) is 0 Å². The van der Waals surface area contributed by atoms with Gasteiger partial charge in [-0.3, -0.25) is 20.6 Å². The molecule has 0 fully saturated rings. The van der Waals surface area contributed by atoms with Gasteiger partial charge >= 0.3 is 0 Å². The molecule has 1 atom stereocenters. The Balaban J connectivity index is 2.20. The fourth-order valence-corrected chi connectivity index (χ4v) is 1.70. The molecule has 0 aliphatic heterocycles. The van der Waals surface area contributed by atoms with Crippen LogP contribution in [-0.2, 0) is 0 Å². The zero-order valence-electron chi connectivity index (χ0n) is 9.58. The highest BCUT2D eigenvalue weighted by Gasteiger charge is 2.36. The standard InChI is InChI=1S/C13H12N2O3/c14-13(15(17)18)8-6-11(7-9-13)12(16)10-4-2-1-3-5-10/h1-8H,9,14H2. The Labute approximate surface area is 104 Å². The summed E-state index contributed by atoms with van der Waals surface area (Å²) in [6.07, 6.45) is 4.22. The lowest BCUT2D eigenvalue weighted by Gasteiger charge is -2.18. The predicted octanol–water partition coefficient (Wildman–Crippen LogP) is 1.69. The van der Waals surface area contributed by atoms with Crippen molar-refractivity contribution in [2.24, 2.45) is 5.73 Å². The second-order valence-corrected chi connectivity index (χ2v) is 4.14. The van der Waals surface area contributed by atoms with Crippen molar-refractivity contribution in [2.45, 2.75) is 12.1 Å². The summed E-state index contributed by atoms with van der Waals surface area (Å²) in [5, 5.41) is 10.7. The van der Waals surface area contributed by atoms with E-state index in [1.807, 2.05) is 6.07 Å². The number of nitrogens with two attached hydrogens (primary N) is 1. The number of rotatable bonds is 3. The van der Waals surface area contributed by atoms with Gasteiger partial charge in [-0.1, -0.05) is 36.4 Å². The van der Waals surface area contributed by atoms with Crippen LogP contribution in [0.2, 0.25) is 0 Å². The number of Topliss-reactive ketones (excluding diaryl/α,β-unsaturated/α-hetero) is 1. The zero-order chi connectivity index (χ0) is 13.2. The SMILES string of the molecule is NC1([N+](=O)[O-])C=CC(C(=O)c2ccccc2)=CC1. The second kappa shape index (κ2) is 4.54. The first kappa shape index (κ1) is 12.2. The highest BCUT2D eigenvalue weighted by Crippen LogP contribution is 2.21. The van der Waals surface area contributed by atoms with Gasteiger partial charge in [0.1, 0.15) is 0 Å². The summed E-state index contributed by atoms with van der Waals surface area (Å²) in [6, 6.07) is 8.76. The fourth-order valence-electron chi connectivity index (χ4n) is 1.70. The molecule has 1 aromatic carbocycles. The van der Waals surface area contributed by atoms with Gasteiger partial charge < -0.3 is 0 Å². The molecule has 0 saturated heterocycles. The Kier molecular flexibility index (Phi) is 3.08. The van der Waals surface area contributed by atoms with Gasteiger partial charge in [-0.15, -0.1) is 0 Å². The molecular weight excluding hydrogens is 232 g/mol. The smallest absolute Gasteiger partial charge is 0.289 e. The van der Waals surface area contributed by atoms with Crippen LogP contribution in [0.25, 0.3) is 0 Å². The summed E-state index contributed by atoms with van der Waals surface area (Å²) in [7, 11) is 0. The number of benzene rings is 1. The maximum absolute atomic E-state index is 12.1. The maximum atomic E-state index is 12.1. The lowest BCUT2D eigenvalue weighted by atomic mass is 9.93. The summed E-state index contributed by atoms with van der Waals surface area (Å²) < 4.78 is 0. The van der Waals surface area contributed by atoms with Crippen LogP contribution in [0.5, 0.6) is 0 Å². The first-order valence-corrected chi connectivity index (χ1v) is 5.45. The number of hydrogen-bond donors (Lipinski definition) is 1. The van der Waals surface area contributed by atoms with Crippen LogP contribution in [0.4, 0.5) is 0 Å². The highest BCUT2D eigenvalue weighted by atomic mass is 16.6. The number of carbonyl (C=O) groups is 1. The van der Waals surface area contributed by atoms with E-state index in [0.717, 1.165) is 0 Å². The number of nitro groups is 1. The second-order valence-electron chi connectivity index (χ2n) is 4.14. The molecule has 18 heavy (non-hydrogen) atoms. The Bertz CT molecular complexity index is 549. The third kappa shape index (κ3) is 2.21. The van der Waals surface area contributed by atoms with Crippen molar-refractivity contribution in [2.75, 3.05) is 0 Å². The number of allylic oxidation sites excluding steroid dienone is 2. The van der Waals surface area contributed by atoms with E-state index in [2.05, 4.69) is 0 Å². The number of nitrogens with zero attached hydrogens (tertiary/aromatic N) is 1. The first-order valence-electron chi connectivity index (χ1n) is 5.45. The number of carbonyl (C=O) groups excluding carboxylic acids is 1. The van der Waals surface area contributed by atoms with Crippen LogP contribution in [0, 0.1) is 10.1 Å². The molecule has 0 saturated carbocycles. The van der Waals surface area contributed by atoms with Gasteiger partial charge in [0.2, 0.25) is 0 Å². The Morgan fingerprint density at radius 3 is 2.50 bits per heavy atom. The molecule has 1 unspecified atom stereocenters. The Hall–Kier alpha value is -2.27. The quantitative estimate of drug-likeness (QED) is 0.379. The van der Waals surface area contributed by atoms with Gasteiger partial charge in [-0.05, 0) is 6.08 Å². The van der Waals surface area contributed by atoms with Crippen LogP contribution in [0.15, 0.2) is 54.1 Å². The van der Waals surface area contributed by atoms with Crippen LogP contribution in [0.1, 0.15) is 16.8 Å². The lowest BCUT2D eigenvalue weighted by Crippen LogP contribution is -2.46. The van der Waals surface area contributed by atoms with E-state index >= 15 is 0 Å². The lowest BCUT2D eigenvalue weighted by molar-refractivity contribution is -0.553. The number of hydrogen-bond acceptors (Lipinski definition) is 4. The molecule has 92 valence electrons. The molecule has 1 aromatic rings. The van der Waals surface area contributed by atoms with E-state index in [4.69, 9.17) is 5.73 Å². The summed E-state index contributed by atoms with van der Waals surface area (Å²) in [5.41, 5.74) is 4.95. The van der Waals surface area contributed by atoms with Gasteiger partial charge in [0.15, 0.2) is 5.78 Å². The molecular formula is C13H12N2O3. The Morgan fingerprint density at radius 2 is 2.00 bits per heavy atom. The van der Waals surface area contributed by atoms with Crippen LogP contribution < -0.4 is 5.73 Å². The first-order chi connectivity index (χ1) is 8.53. The molecule has 0 heterocycles. The minimum Gasteiger partial charge on any atom is -0.289 e. The van der Waals surface area contributed by atoms with Crippen molar-refractivity contribution < 1.29 is 9.72 Å². The minimum atomic E-state index is -1.60. The van der Waals surface area contributed by atoms with Crippen molar-refractivity contribution in [1.82, 2.24) is 0 Å². The number of ketones is 1. The van der Waals surface area contributed by atoms with Gasteiger partial charge in [-0.2, -0.15) is 0 Å². The summed E-state index contributed by atoms with van der Waals surface area (Å²) >= 11 is 0. The normalized spacial score (nSPS) is 22.4. The van der Waals surface area contributed by atoms with Crippen molar-refractivity contribution in [3.05, 3.63) is 69.8 Å². The predicted molar refractivity (Wildman–Crippen MR) is 66.5 cm³/mol. The zero-order valence-corrected chi connectivity index (χ0v) is 9.58. The average Bonchev–Trinajstić information content (AvgIpc) is 2.40. The third-order valence-corrected chi connectivity index (χ3v) is 2.84. The largest absolute Gasteiger partial charge is 0.295 e. The van der Waals surface area contributed by atoms with E-state index in [1.165, 1.54) is 18.2 Å². The van der Waals surface area contributed by atoms with E-state index < -0.39 is 10.6 Å². The van der Waals surface area contributed by atoms with E-state index in [-0.39, 0.29) is 12.2 Å². The van der Waals surface area contributed by atoms with Crippen molar-refractivity contribution >= 4 is 5.78 Å². The molecule has 0 amide bonds. The monoisotopic (exact) mass is 244 g/mol. The molecule has 5 nitrogen and oxygen atoms in total. The van der Waals surface area contributed by atoms with E-state index in [9.17, 15) is 14.9 Å². The summed E-state index contributed by atoms with van der Waals surface area (Å²) in [5.74, 6) is -0.155. The maximum Gasteiger partial charge on any atom is 0.295 e. The molecule has 2 rings (SSSR count). The Morgan fingerprint density at radius 1 is 1.33 bits per heavy atom. The molecule has 0 radical (unpaired) electrons. The van der Waals surface area contributed by atoms with E-state index in [0.29, 0.717) is 11.1 Å². The molecule has 0 aromatic heterocycles. The topological polar surface area (TPSA) is 86.2 Å². The van der Waals surface area contributed by atoms with Crippen molar-refractivity contribution in [1.29, 1.82) is 0 Å². The highest BCUT2D eigenvalue weighted by molar-refractivity contribution is 6.10. The summed E-state index contributed by atoms with van der Waals surface area (Å²) in [4.78, 5) is 22.2. The molecule has 5 heteroatoms. The van der Waals surface area contributed by atoms with Gasteiger partial charge in [0.25, 0.3) is 5.66 Å². The minimum absolute atomic E-state index is 0.0183. The molecule has 1 aliphatic carbocycles. The molecule has 0 bridgehead atoms. The molecule has 1 aliphatic rings. The van der Waals surface area contributed by atoms with Gasteiger partial charge in [-0.25, -0.2) is 0 Å². The fraction of sp³-hybridized carbons (Fsp3) is 0.154. The third-order valence-electron chi connectivity index (χ3n) is 2.84. The van der Waals surface area contributed by atoms with E-state index in [1.54, 1.807) is 24.3 Å². The van der Waals surface area contributed by atoms with Gasteiger partial charge in [0, 0.05) is 22.1 Å². The van der Waals surface area contributed by atoms with Crippen LogP contribution in [0.3, 0.4) is 0 Å². The summed E-state index contributed by atoms with van der Waals surface area (Å²) in [6.45, 7) is 0. The molecule has 2 N–H and O–H groups in total.